The summed E-state index contributed by atoms with van der Waals surface area (Å²) in [4.78, 5) is 0. The van der Waals surface area contributed by atoms with Gasteiger partial charge in [0.25, 0.3) is 0 Å². The summed E-state index contributed by atoms with van der Waals surface area (Å²) in [6, 6.07) is 97.5. The fraction of sp³-hybridized carbons (Fsp3) is 0. The van der Waals surface area contributed by atoms with Crippen molar-refractivity contribution in [3.05, 3.63) is 273 Å². The van der Waals surface area contributed by atoms with Crippen LogP contribution < -0.4 is 47.7 Å². The molecule has 0 atom stereocenters. The molecule has 0 unspecified atom stereocenters. The molecule has 0 aromatic heterocycles. The van der Waals surface area contributed by atoms with Crippen molar-refractivity contribution in [3.8, 4) is 0 Å². The average molecular weight is 982 g/mol. The molecule has 0 aliphatic heterocycles. The van der Waals surface area contributed by atoms with Gasteiger partial charge in [-0.3, -0.25) is 0 Å². The van der Waals surface area contributed by atoms with Crippen molar-refractivity contribution in [2.75, 3.05) is 0 Å². The molecule has 0 N–H and O–H groups in total. The minimum Gasteiger partial charge on any atom is -0.0620 e. The number of hydrogen-bond donors (Lipinski definition) is 0. The van der Waals surface area contributed by atoms with E-state index in [1.807, 2.05) is 0 Å². The Labute approximate surface area is 383 Å². The molecule has 0 saturated heterocycles. The van der Waals surface area contributed by atoms with Gasteiger partial charge in [-0.1, -0.05) is 164 Å². The maximum absolute atomic E-state index is 9.77. The smallest absolute Gasteiger partial charge is 0.0620 e. The second-order valence-electron chi connectivity index (χ2n) is 13.6. The molecule has 0 radical (unpaired) electrons. The van der Waals surface area contributed by atoms with E-state index in [0.717, 1.165) is 0 Å². The van der Waals surface area contributed by atoms with Crippen LogP contribution in [0.4, 0.5) is 12.6 Å². The Hall–Kier alpha value is -4.89. The van der Waals surface area contributed by atoms with Gasteiger partial charge in [0.1, 0.15) is 47.7 Å². The van der Waals surface area contributed by atoms with Gasteiger partial charge in [0.15, 0.2) is 0 Å². The number of hydrogen-bond acceptors (Lipinski definition) is 0. The molecule has 0 bridgehead atoms. The zero-order valence-electron chi connectivity index (χ0n) is 34.0. The standard InChI is InChI=1S/3C18H15P.F3HP.Ru.2H/c3*1-4-10-16(11-5-1)19(17-12-6-2-7-13-17)18-14-8-3-9-15-18;1-4(2)3;;;/h3*1-15H;4H;;;/q;;;+1;;;/p+3. The number of benzene rings is 9. The normalized spacial score (nSPS) is 10.3. The molecule has 0 spiro atoms. The second kappa shape index (κ2) is 27.2. The quantitative estimate of drug-likeness (QED) is 0.0999. The Bertz CT molecular complexity index is 1930. The van der Waals surface area contributed by atoms with E-state index in [1.54, 1.807) is 0 Å². The van der Waals surface area contributed by atoms with E-state index >= 15 is 0 Å². The zero-order chi connectivity index (χ0) is 42.3. The summed E-state index contributed by atoms with van der Waals surface area (Å²) in [7, 11) is -7.01. The summed E-state index contributed by atoms with van der Waals surface area (Å²) < 4.78 is 29.3. The van der Waals surface area contributed by atoms with E-state index in [-0.39, 0.29) is 19.5 Å². The first kappa shape index (κ1) is 48.2. The molecule has 8 heteroatoms. The summed E-state index contributed by atoms with van der Waals surface area (Å²) in [5.41, 5.74) is 0. The third kappa shape index (κ3) is 15.2. The summed E-state index contributed by atoms with van der Waals surface area (Å²) in [6.45, 7) is 0. The molecule has 0 saturated carbocycles. The maximum Gasteiger partial charge on any atom is 0.102 e. The summed E-state index contributed by atoms with van der Waals surface area (Å²) in [5, 5.41) is 12.9. The molecule has 62 heavy (non-hydrogen) atoms. The summed E-state index contributed by atoms with van der Waals surface area (Å²) in [6.07, 6.45) is 0. The van der Waals surface area contributed by atoms with Crippen LogP contribution in [0.2, 0.25) is 0 Å². The van der Waals surface area contributed by atoms with Crippen molar-refractivity contribution < 1.29 is 32.1 Å². The SMILES string of the molecule is F[PH+](F)F.[RuH2].c1ccc([PH+](c2ccccc2)c2ccccc2)cc1.c1ccc([PH+](c2ccccc2)c2ccccc2)cc1.c1ccc([PH+](c2ccccc2)c2ccccc2)cc1. The van der Waals surface area contributed by atoms with Gasteiger partial charge < -0.3 is 0 Å². The maximum atomic E-state index is 9.77. The zero-order valence-corrected chi connectivity index (χ0v) is 40.0. The Balaban J connectivity index is 0.000000167. The van der Waals surface area contributed by atoms with Gasteiger partial charge >= 0.3 is 28.3 Å². The van der Waals surface area contributed by atoms with Gasteiger partial charge in [-0.2, -0.15) is 0 Å². The van der Waals surface area contributed by atoms with E-state index in [1.165, 1.54) is 47.7 Å². The van der Waals surface area contributed by atoms with Gasteiger partial charge in [-0.25, -0.2) is 0 Å². The molecule has 0 fully saturated rings. The molecule has 0 aliphatic carbocycles. The summed E-state index contributed by atoms with van der Waals surface area (Å²) in [5.74, 6) is 0. The molecule has 0 heterocycles. The van der Waals surface area contributed by atoms with Gasteiger partial charge in [0.05, 0.1) is 23.8 Å². The van der Waals surface area contributed by atoms with E-state index in [2.05, 4.69) is 273 Å². The van der Waals surface area contributed by atoms with Gasteiger partial charge in [-0.05, 0) is 109 Å². The molecule has 9 aromatic rings. The molecule has 0 nitrogen and oxygen atoms in total. The van der Waals surface area contributed by atoms with Crippen LogP contribution >= 0.6 is 32.6 Å². The number of halogens is 3. The molecule has 0 aliphatic rings. The van der Waals surface area contributed by atoms with Crippen LogP contribution in [0, 0.1) is 0 Å². The van der Waals surface area contributed by atoms with E-state index < -0.39 is 32.6 Å². The minimum atomic E-state index is -4.38. The first-order valence-electron chi connectivity index (χ1n) is 20.0. The van der Waals surface area contributed by atoms with Crippen molar-refractivity contribution in [2.45, 2.75) is 0 Å². The Morgan fingerprint density at radius 1 is 0.177 bits per heavy atom. The van der Waals surface area contributed by atoms with Crippen LogP contribution in [-0.2, 0) is 19.5 Å². The Morgan fingerprint density at radius 2 is 0.258 bits per heavy atom. The van der Waals surface area contributed by atoms with Gasteiger partial charge in [0, 0.05) is 12.6 Å². The molecular weight excluding hydrogens is 931 g/mol. The van der Waals surface area contributed by atoms with Crippen molar-refractivity contribution in [3.63, 3.8) is 0 Å². The van der Waals surface area contributed by atoms with Crippen LogP contribution in [0.15, 0.2) is 273 Å². The van der Waals surface area contributed by atoms with Crippen molar-refractivity contribution in [1.29, 1.82) is 0 Å². The Morgan fingerprint density at radius 3 is 0.339 bits per heavy atom. The van der Waals surface area contributed by atoms with E-state index in [4.69, 9.17) is 0 Å². The molecule has 312 valence electrons. The van der Waals surface area contributed by atoms with Crippen LogP contribution in [0.1, 0.15) is 0 Å². The van der Waals surface area contributed by atoms with Gasteiger partial charge in [-0.15, -0.1) is 0 Å². The largest absolute Gasteiger partial charge is 0.102 e. The van der Waals surface area contributed by atoms with E-state index in [9.17, 15) is 12.6 Å². The van der Waals surface area contributed by atoms with Crippen LogP contribution in [-0.4, -0.2) is 0 Å². The minimum absolute atomic E-state index is 0. The van der Waals surface area contributed by atoms with Crippen molar-refractivity contribution in [1.82, 2.24) is 0 Å². The average Bonchev–Trinajstić information content (AvgIpc) is 3.33. The van der Waals surface area contributed by atoms with Crippen LogP contribution in [0.25, 0.3) is 0 Å². The van der Waals surface area contributed by atoms with Crippen molar-refractivity contribution in [2.24, 2.45) is 0 Å². The third-order valence-electron chi connectivity index (χ3n) is 9.56. The summed E-state index contributed by atoms with van der Waals surface area (Å²) >= 11 is 0. The monoisotopic (exact) mass is 982 g/mol. The third-order valence-corrected chi connectivity index (χ3v) is 17.8. The number of rotatable bonds is 9. The molecule has 9 rings (SSSR count). The first-order valence-corrected chi connectivity index (χ1v) is 25.6. The topological polar surface area (TPSA) is 0 Å². The molecule has 0 amide bonds. The predicted molar refractivity (Wildman–Crippen MR) is 274 cm³/mol. The van der Waals surface area contributed by atoms with E-state index in [0.29, 0.717) is 0 Å². The van der Waals surface area contributed by atoms with Gasteiger partial charge in [0.2, 0.25) is 0 Å². The first-order chi connectivity index (χ1) is 30.1. The molecule has 9 aromatic carbocycles. The fourth-order valence-electron chi connectivity index (χ4n) is 6.94. The van der Waals surface area contributed by atoms with Crippen LogP contribution in [0.3, 0.4) is 0 Å². The molecular formula is C54H51F3P4Ru+4. The fourth-order valence-corrected chi connectivity index (χ4v) is 14.7. The predicted octanol–water partition coefficient (Wildman–Crippen LogP) is 10.8. The Kier molecular flexibility index (Phi) is 21.1. The van der Waals surface area contributed by atoms with Crippen molar-refractivity contribution >= 4 is 80.4 Å². The van der Waals surface area contributed by atoms with Crippen LogP contribution in [0.5, 0.6) is 0 Å². The second-order valence-corrected chi connectivity index (χ2v) is 21.5.